The van der Waals surface area contributed by atoms with Crippen LogP contribution in [-0.4, -0.2) is 63.0 Å². The Hall–Kier alpha value is -1.90. The molecule has 1 aliphatic rings. The molecule has 0 bridgehead atoms. The summed E-state index contributed by atoms with van der Waals surface area (Å²) in [6.45, 7) is 5.53. The maximum atomic E-state index is 13.0. The highest BCUT2D eigenvalue weighted by Gasteiger charge is 2.30. The van der Waals surface area contributed by atoms with Gasteiger partial charge in [0, 0.05) is 51.4 Å². The van der Waals surface area contributed by atoms with E-state index in [9.17, 15) is 8.42 Å². The number of aryl methyl sites for hydroxylation is 1. The van der Waals surface area contributed by atoms with Crippen LogP contribution < -0.4 is 9.80 Å². The molecule has 1 aromatic carbocycles. The average Bonchev–Trinajstić information content (AvgIpc) is 2.63. The van der Waals surface area contributed by atoms with Crippen LogP contribution in [0.2, 0.25) is 5.02 Å². The van der Waals surface area contributed by atoms with Crippen LogP contribution in [-0.2, 0) is 10.0 Å². The van der Waals surface area contributed by atoms with Crippen LogP contribution in [0.25, 0.3) is 0 Å². The standard InChI is InChI=1S/C18H24ClN5O2S/c1-13-15(19)6-5-7-16(13)27(25,26)24-10-8-23(9-11-24)18-12-17(22(3)4)20-14(2)21-18/h5-7,12H,8-11H2,1-4H3. The Morgan fingerprint density at radius 2 is 1.74 bits per heavy atom. The second kappa shape index (κ2) is 7.61. The number of anilines is 2. The fourth-order valence-corrected chi connectivity index (χ4v) is 4.99. The van der Waals surface area contributed by atoms with E-state index in [4.69, 9.17) is 11.6 Å². The molecular weight excluding hydrogens is 386 g/mol. The number of halogens is 1. The lowest BCUT2D eigenvalue weighted by molar-refractivity contribution is 0.383. The molecule has 0 radical (unpaired) electrons. The van der Waals surface area contributed by atoms with Crippen LogP contribution in [0.4, 0.5) is 11.6 Å². The van der Waals surface area contributed by atoms with Gasteiger partial charge in [-0.15, -0.1) is 0 Å². The average molecular weight is 410 g/mol. The van der Waals surface area contributed by atoms with Gasteiger partial charge in [-0.05, 0) is 31.5 Å². The molecule has 9 heteroatoms. The zero-order valence-electron chi connectivity index (χ0n) is 16.0. The third kappa shape index (κ3) is 4.02. The molecule has 7 nitrogen and oxygen atoms in total. The minimum atomic E-state index is -3.57. The van der Waals surface area contributed by atoms with Crippen LogP contribution in [0.1, 0.15) is 11.4 Å². The van der Waals surface area contributed by atoms with Gasteiger partial charge in [-0.25, -0.2) is 18.4 Å². The van der Waals surface area contributed by atoms with E-state index in [1.54, 1.807) is 25.1 Å². The molecule has 2 heterocycles. The van der Waals surface area contributed by atoms with Crippen molar-refractivity contribution in [2.45, 2.75) is 18.7 Å². The molecule has 0 spiro atoms. The number of aromatic nitrogens is 2. The summed E-state index contributed by atoms with van der Waals surface area (Å²) in [5.74, 6) is 2.35. The van der Waals surface area contributed by atoms with Crippen molar-refractivity contribution in [3.05, 3.63) is 40.7 Å². The monoisotopic (exact) mass is 409 g/mol. The summed E-state index contributed by atoms with van der Waals surface area (Å²) in [7, 11) is 0.298. The zero-order chi connectivity index (χ0) is 19.8. The van der Waals surface area contributed by atoms with Crippen molar-refractivity contribution in [2.75, 3.05) is 50.1 Å². The number of piperazine rings is 1. The van der Waals surface area contributed by atoms with Crippen LogP contribution in [0.5, 0.6) is 0 Å². The fraction of sp³-hybridized carbons (Fsp3) is 0.444. The first-order valence-electron chi connectivity index (χ1n) is 8.73. The zero-order valence-corrected chi connectivity index (χ0v) is 17.5. The van der Waals surface area contributed by atoms with Gasteiger partial charge in [0.2, 0.25) is 10.0 Å². The van der Waals surface area contributed by atoms with E-state index >= 15 is 0 Å². The molecule has 1 aliphatic heterocycles. The number of hydrogen-bond donors (Lipinski definition) is 0. The van der Waals surface area contributed by atoms with Gasteiger partial charge >= 0.3 is 0 Å². The summed E-state index contributed by atoms with van der Waals surface area (Å²) >= 11 is 6.11. The van der Waals surface area contributed by atoms with E-state index < -0.39 is 10.0 Å². The first kappa shape index (κ1) is 19.9. The molecule has 0 amide bonds. The van der Waals surface area contributed by atoms with Crippen molar-refractivity contribution < 1.29 is 8.42 Å². The van der Waals surface area contributed by atoms with Crippen molar-refractivity contribution in [3.8, 4) is 0 Å². The van der Waals surface area contributed by atoms with Gasteiger partial charge in [-0.1, -0.05) is 17.7 Å². The summed E-state index contributed by atoms with van der Waals surface area (Å²) in [5.41, 5.74) is 0.587. The van der Waals surface area contributed by atoms with Gasteiger partial charge in [0.15, 0.2) is 0 Å². The Labute approximate surface area is 165 Å². The Morgan fingerprint density at radius 3 is 2.37 bits per heavy atom. The SMILES string of the molecule is Cc1nc(N(C)C)cc(N2CCN(S(=O)(=O)c3cccc(Cl)c3C)CC2)n1. The molecule has 0 aliphatic carbocycles. The van der Waals surface area contributed by atoms with E-state index in [0.29, 0.717) is 42.6 Å². The highest BCUT2D eigenvalue weighted by molar-refractivity contribution is 7.89. The van der Waals surface area contributed by atoms with E-state index in [0.717, 1.165) is 11.6 Å². The second-order valence-electron chi connectivity index (χ2n) is 6.78. The third-order valence-electron chi connectivity index (χ3n) is 4.67. The van der Waals surface area contributed by atoms with Gasteiger partial charge in [0.05, 0.1) is 4.90 Å². The summed E-state index contributed by atoms with van der Waals surface area (Å²) in [5, 5.41) is 0.461. The first-order chi connectivity index (χ1) is 12.7. The lowest BCUT2D eigenvalue weighted by Crippen LogP contribution is -2.49. The van der Waals surface area contributed by atoms with Gasteiger partial charge in [0.1, 0.15) is 17.5 Å². The molecule has 146 valence electrons. The minimum Gasteiger partial charge on any atom is -0.363 e. The normalized spacial score (nSPS) is 15.8. The number of rotatable bonds is 4. The van der Waals surface area contributed by atoms with E-state index in [1.807, 2.05) is 32.0 Å². The number of benzene rings is 1. The highest BCUT2D eigenvalue weighted by atomic mass is 35.5. The van der Waals surface area contributed by atoms with Crippen molar-refractivity contribution in [3.63, 3.8) is 0 Å². The van der Waals surface area contributed by atoms with E-state index in [1.165, 1.54) is 4.31 Å². The molecular formula is C18H24ClN5O2S. The van der Waals surface area contributed by atoms with Gasteiger partial charge in [0.25, 0.3) is 0 Å². The maximum Gasteiger partial charge on any atom is 0.243 e. The minimum absolute atomic E-state index is 0.274. The Balaban J connectivity index is 1.78. The van der Waals surface area contributed by atoms with Gasteiger partial charge in [-0.3, -0.25) is 0 Å². The quantitative estimate of drug-likeness (QED) is 0.771. The van der Waals surface area contributed by atoms with Crippen molar-refractivity contribution >= 4 is 33.3 Å². The first-order valence-corrected chi connectivity index (χ1v) is 10.5. The molecule has 1 aromatic heterocycles. The second-order valence-corrected chi connectivity index (χ2v) is 9.09. The molecule has 27 heavy (non-hydrogen) atoms. The number of nitrogens with zero attached hydrogens (tertiary/aromatic N) is 5. The lowest BCUT2D eigenvalue weighted by Gasteiger charge is -2.35. The molecule has 1 saturated heterocycles. The summed E-state index contributed by atoms with van der Waals surface area (Å²) in [4.78, 5) is 13.2. The third-order valence-corrected chi connectivity index (χ3v) is 7.12. The van der Waals surface area contributed by atoms with Crippen molar-refractivity contribution in [2.24, 2.45) is 0 Å². The molecule has 2 aromatic rings. The van der Waals surface area contributed by atoms with Crippen LogP contribution in [0, 0.1) is 13.8 Å². The van der Waals surface area contributed by atoms with E-state index in [2.05, 4.69) is 14.9 Å². The van der Waals surface area contributed by atoms with Crippen molar-refractivity contribution in [1.29, 1.82) is 0 Å². The van der Waals surface area contributed by atoms with Gasteiger partial charge < -0.3 is 9.80 Å². The maximum absolute atomic E-state index is 13.0. The predicted octanol–water partition coefficient (Wildman–Crippen LogP) is 2.32. The molecule has 0 saturated carbocycles. The van der Waals surface area contributed by atoms with Crippen LogP contribution in [0.15, 0.2) is 29.2 Å². The number of sulfonamides is 1. The van der Waals surface area contributed by atoms with Crippen LogP contribution >= 0.6 is 11.6 Å². The summed E-state index contributed by atoms with van der Waals surface area (Å²) < 4.78 is 27.6. The van der Waals surface area contributed by atoms with Crippen LogP contribution in [0.3, 0.4) is 0 Å². The summed E-state index contributed by atoms with van der Waals surface area (Å²) in [6.07, 6.45) is 0. The Kier molecular flexibility index (Phi) is 5.60. The highest BCUT2D eigenvalue weighted by Crippen LogP contribution is 2.27. The van der Waals surface area contributed by atoms with Crippen molar-refractivity contribution in [1.82, 2.24) is 14.3 Å². The number of hydrogen-bond acceptors (Lipinski definition) is 6. The Morgan fingerprint density at radius 1 is 1.07 bits per heavy atom. The lowest BCUT2D eigenvalue weighted by atomic mass is 10.2. The largest absolute Gasteiger partial charge is 0.363 e. The smallest absolute Gasteiger partial charge is 0.243 e. The summed E-state index contributed by atoms with van der Waals surface area (Å²) in [6, 6.07) is 6.91. The topological polar surface area (TPSA) is 69.6 Å². The molecule has 0 N–H and O–H groups in total. The molecule has 1 fully saturated rings. The Bertz CT molecular complexity index is 941. The van der Waals surface area contributed by atoms with Gasteiger partial charge in [-0.2, -0.15) is 4.31 Å². The van der Waals surface area contributed by atoms with E-state index in [-0.39, 0.29) is 4.90 Å². The molecule has 0 atom stereocenters. The molecule has 3 rings (SSSR count). The predicted molar refractivity (Wildman–Crippen MR) is 108 cm³/mol. The molecule has 0 unspecified atom stereocenters. The fourth-order valence-electron chi connectivity index (χ4n) is 3.09.